The van der Waals surface area contributed by atoms with Gasteiger partial charge >= 0.3 is 0 Å². The average Bonchev–Trinajstić information content (AvgIpc) is 3.07. The standard InChI is InChI=1S/C27H28BN/c1-25(2)23-15-16-26(25,3)27(28,17-23)22-12-9-19(10-13-22)21-11-14-24(29-18-21)20-7-5-4-6-8-20/h4-14,18,23H,15-17H2,1-3H3. The van der Waals surface area contributed by atoms with Crippen molar-refractivity contribution >= 4 is 7.85 Å². The first-order valence-corrected chi connectivity index (χ1v) is 10.8. The molecule has 29 heavy (non-hydrogen) atoms. The molecule has 0 saturated heterocycles. The molecular weight excluding hydrogens is 349 g/mol. The zero-order chi connectivity index (χ0) is 20.3. The van der Waals surface area contributed by atoms with E-state index in [1.165, 1.54) is 24.0 Å². The van der Waals surface area contributed by atoms with Crippen LogP contribution in [-0.4, -0.2) is 12.8 Å². The Morgan fingerprint density at radius 2 is 1.52 bits per heavy atom. The van der Waals surface area contributed by atoms with Gasteiger partial charge in [0.25, 0.3) is 0 Å². The van der Waals surface area contributed by atoms with Gasteiger partial charge in [-0.05, 0) is 58.5 Å². The zero-order valence-corrected chi connectivity index (χ0v) is 17.7. The van der Waals surface area contributed by atoms with Crippen molar-refractivity contribution in [2.75, 3.05) is 0 Å². The van der Waals surface area contributed by atoms with Crippen molar-refractivity contribution in [3.8, 4) is 22.4 Å². The average molecular weight is 377 g/mol. The highest BCUT2D eigenvalue weighted by Crippen LogP contribution is 2.72. The highest BCUT2D eigenvalue weighted by molar-refractivity contribution is 6.17. The van der Waals surface area contributed by atoms with Gasteiger partial charge in [0.1, 0.15) is 0 Å². The summed E-state index contributed by atoms with van der Waals surface area (Å²) in [5, 5.41) is -0.229. The van der Waals surface area contributed by atoms with Gasteiger partial charge in [-0.3, -0.25) is 4.98 Å². The van der Waals surface area contributed by atoms with E-state index < -0.39 is 0 Å². The van der Waals surface area contributed by atoms with Crippen molar-refractivity contribution in [1.29, 1.82) is 0 Å². The second-order valence-electron chi connectivity index (χ2n) is 9.84. The molecule has 2 bridgehead atoms. The number of rotatable bonds is 3. The number of aromatic nitrogens is 1. The molecule has 1 heterocycles. The Labute approximate surface area is 176 Å². The predicted octanol–water partition coefficient (Wildman–Crippen LogP) is 6.63. The molecule has 2 aliphatic carbocycles. The molecule has 144 valence electrons. The van der Waals surface area contributed by atoms with Crippen LogP contribution in [0.1, 0.15) is 45.6 Å². The number of hydrogen-bond donors (Lipinski definition) is 0. The van der Waals surface area contributed by atoms with Crippen molar-refractivity contribution < 1.29 is 0 Å². The van der Waals surface area contributed by atoms with Crippen molar-refractivity contribution in [2.24, 2.45) is 16.7 Å². The number of hydrogen-bond acceptors (Lipinski definition) is 1. The summed E-state index contributed by atoms with van der Waals surface area (Å²) in [6.07, 6.45) is 5.62. The maximum absolute atomic E-state index is 7.14. The van der Waals surface area contributed by atoms with Gasteiger partial charge in [-0.1, -0.05) is 81.4 Å². The third kappa shape index (κ3) is 2.58. The fourth-order valence-electron chi connectivity index (χ4n) is 6.11. The highest BCUT2D eigenvalue weighted by Gasteiger charge is 2.66. The summed E-state index contributed by atoms with van der Waals surface area (Å²) in [6, 6.07) is 23.5. The van der Waals surface area contributed by atoms with E-state index in [1.807, 2.05) is 24.4 Å². The van der Waals surface area contributed by atoms with E-state index in [9.17, 15) is 0 Å². The lowest BCUT2D eigenvalue weighted by Crippen LogP contribution is -2.45. The van der Waals surface area contributed by atoms with Gasteiger partial charge in [-0.25, -0.2) is 0 Å². The molecular formula is C27H28BN. The minimum atomic E-state index is -0.229. The van der Waals surface area contributed by atoms with Gasteiger partial charge in [-0.15, -0.1) is 0 Å². The minimum Gasteiger partial charge on any atom is -0.256 e. The third-order valence-electron chi connectivity index (χ3n) is 8.55. The van der Waals surface area contributed by atoms with Crippen molar-refractivity contribution in [3.63, 3.8) is 0 Å². The summed E-state index contributed by atoms with van der Waals surface area (Å²) in [6.45, 7) is 7.27. The van der Waals surface area contributed by atoms with Gasteiger partial charge in [0, 0.05) is 17.3 Å². The maximum Gasteiger partial charge on any atom is 0.0818 e. The van der Waals surface area contributed by atoms with Crippen molar-refractivity contribution in [3.05, 3.63) is 78.5 Å². The molecule has 2 heteroatoms. The smallest absolute Gasteiger partial charge is 0.0818 e. The van der Waals surface area contributed by atoms with E-state index in [0.29, 0.717) is 5.41 Å². The van der Waals surface area contributed by atoms with E-state index in [0.717, 1.165) is 29.2 Å². The lowest BCUT2D eigenvalue weighted by atomic mass is 9.47. The Kier molecular flexibility index (Phi) is 4.07. The first kappa shape index (κ1) is 18.7. The number of pyridine rings is 1. The summed E-state index contributed by atoms with van der Waals surface area (Å²) < 4.78 is 0. The molecule has 2 saturated carbocycles. The number of benzene rings is 2. The van der Waals surface area contributed by atoms with Gasteiger partial charge < -0.3 is 0 Å². The van der Waals surface area contributed by atoms with Gasteiger partial charge in [-0.2, -0.15) is 0 Å². The summed E-state index contributed by atoms with van der Waals surface area (Å²) in [5.41, 5.74) is 6.23. The third-order valence-corrected chi connectivity index (χ3v) is 8.55. The van der Waals surface area contributed by atoms with E-state index in [4.69, 9.17) is 7.85 Å². The van der Waals surface area contributed by atoms with Crippen molar-refractivity contribution in [1.82, 2.24) is 4.98 Å². The second kappa shape index (κ2) is 6.32. The first-order valence-electron chi connectivity index (χ1n) is 10.8. The fraction of sp³-hybridized carbons (Fsp3) is 0.370. The van der Waals surface area contributed by atoms with Crippen LogP contribution in [0.2, 0.25) is 0 Å². The summed E-state index contributed by atoms with van der Waals surface area (Å²) in [5.74, 6) is 0.729. The number of fused-ring (bicyclic) bond motifs is 2. The SMILES string of the molecule is [B]C1(c2ccc(-c3ccc(-c4ccccc4)nc3)cc2)CC2CCC1(C)C2(C)C. The Balaban J connectivity index is 1.43. The largest absolute Gasteiger partial charge is 0.256 e. The molecule has 3 unspecified atom stereocenters. The summed E-state index contributed by atoms with van der Waals surface area (Å²) >= 11 is 0. The van der Waals surface area contributed by atoms with Crippen LogP contribution in [-0.2, 0) is 5.31 Å². The minimum absolute atomic E-state index is 0.158. The van der Waals surface area contributed by atoms with Crippen LogP contribution < -0.4 is 0 Å². The Hall–Kier alpha value is -2.35. The van der Waals surface area contributed by atoms with Crippen LogP contribution in [0.25, 0.3) is 22.4 Å². The van der Waals surface area contributed by atoms with Gasteiger partial charge in [0.15, 0.2) is 0 Å². The molecule has 0 aliphatic heterocycles. The maximum atomic E-state index is 7.14. The first-order chi connectivity index (χ1) is 13.9. The normalized spacial score (nSPS) is 29.8. The van der Waals surface area contributed by atoms with Gasteiger partial charge in [0.05, 0.1) is 13.5 Å². The molecule has 1 nitrogen and oxygen atoms in total. The fourth-order valence-corrected chi connectivity index (χ4v) is 6.11. The Morgan fingerprint density at radius 1 is 0.828 bits per heavy atom. The highest BCUT2D eigenvalue weighted by atomic mass is 14.7. The van der Waals surface area contributed by atoms with E-state index >= 15 is 0 Å². The Morgan fingerprint density at radius 3 is 2.07 bits per heavy atom. The van der Waals surface area contributed by atoms with Crippen LogP contribution in [0.5, 0.6) is 0 Å². The molecule has 0 amide bonds. The molecule has 2 aliphatic rings. The molecule has 2 radical (unpaired) electrons. The summed E-state index contributed by atoms with van der Waals surface area (Å²) in [4.78, 5) is 4.68. The molecule has 5 rings (SSSR count). The van der Waals surface area contributed by atoms with Crippen LogP contribution >= 0.6 is 0 Å². The van der Waals surface area contributed by atoms with Crippen LogP contribution in [0.15, 0.2) is 72.9 Å². The Bertz CT molecular complexity index is 1020. The van der Waals surface area contributed by atoms with Crippen LogP contribution in [0, 0.1) is 16.7 Å². The van der Waals surface area contributed by atoms with E-state index in [2.05, 4.69) is 74.3 Å². The quantitative estimate of drug-likeness (QED) is 0.467. The number of nitrogens with zero attached hydrogens (tertiary/aromatic N) is 1. The van der Waals surface area contributed by atoms with Crippen LogP contribution in [0.4, 0.5) is 0 Å². The van der Waals surface area contributed by atoms with E-state index in [-0.39, 0.29) is 10.7 Å². The monoisotopic (exact) mass is 377 g/mol. The predicted molar refractivity (Wildman–Crippen MR) is 122 cm³/mol. The van der Waals surface area contributed by atoms with Crippen LogP contribution in [0.3, 0.4) is 0 Å². The zero-order valence-electron chi connectivity index (χ0n) is 17.7. The molecule has 0 N–H and O–H groups in total. The second-order valence-corrected chi connectivity index (χ2v) is 9.84. The van der Waals surface area contributed by atoms with Crippen molar-refractivity contribution in [2.45, 2.75) is 45.3 Å². The summed E-state index contributed by atoms with van der Waals surface area (Å²) in [7, 11) is 7.14. The van der Waals surface area contributed by atoms with Gasteiger partial charge in [0.2, 0.25) is 0 Å². The molecule has 2 aromatic carbocycles. The van der Waals surface area contributed by atoms with E-state index in [1.54, 1.807) is 0 Å². The molecule has 1 aromatic heterocycles. The molecule has 2 fully saturated rings. The molecule has 3 aromatic rings. The lowest BCUT2D eigenvalue weighted by molar-refractivity contribution is 0.117. The lowest BCUT2D eigenvalue weighted by Gasteiger charge is -2.48. The molecule has 0 spiro atoms. The topological polar surface area (TPSA) is 12.9 Å². The molecule has 3 atom stereocenters.